The molecule has 14 heavy (non-hydrogen) atoms. The van der Waals surface area contributed by atoms with Gasteiger partial charge in [0, 0.05) is 12.5 Å². The van der Waals surface area contributed by atoms with Gasteiger partial charge in [-0.1, -0.05) is 20.8 Å². The molecule has 3 nitrogen and oxygen atoms in total. The summed E-state index contributed by atoms with van der Waals surface area (Å²) in [6.07, 6.45) is 0. The average molecular weight is 194 g/mol. The first kappa shape index (κ1) is 9.71. The van der Waals surface area contributed by atoms with Crippen molar-refractivity contribution in [2.24, 2.45) is 7.05 Å². The van der Waals surface area contributed by atoms with Gasteiger partial charge < -0.3 is 4.74 Å². The van der Waals surface area contributed by atoms with Crippen LogP contribution in [-0.4, -0.2) is 16.4 Å². The highest BCUT2D eigenvalue weighted by Crippen LogP contribution is 2.39. The van der Waals surface area contributed by atoms with Gasteiger partial charge in [0.25, 0.3) is 0 Å². The van der Waals surface area contributed by atoms with Gasteiger partial charge in [-0.05, 0) is 13.0 Å². The molecule has 0 bridgehead atoms. The molecule has 1 unspecified atom stereocenters. The molecule has 3 heteroatoms. The number of hydrogen-bond donors (Lipinski definition) is 0. The molecule has 0 aliphatic carbocycles. The molecule has 1 fully saturated rings. The maximum atomic E-state index is 5.43. The fourth-order valence-corrected chi connectivity index (χ4v) is 1.58. The SMILES string of the molecule is Cn1nc(C(C)(C)C)cc1C1(C)CO1. The molecule has 0 radical (unpaired) electrons. The van der Waals surface area contributed by atoms with Gasteiger partial charge in [0.05, 0.1) is 18.0 Å². The number of epoxide rings is 1. The van der Waals surface area contributed by atoms with Gasteiger partial charge in [0.2, 0.25) is 0 Å². The predicted octanol–water partition coefficient (Wildman–Crippen LogP) is 1.96. The molecule has 1 aliphatic heterocycles. The second-order valence-electron chi connectivity index (χ2n) is 5.31. The lowest BCUT2D eigenvalue weighted by Crippen LogP contribution is -2.12. The topological polar surface area (TPSA) is 30.4 Å². The first-order chi connectivity index (χ1) is 6.33. The molecule has 0 N–H and O–H groups in total. The normalized spacial score (nSPS) is 26.6. The molecule has 2 rings (SSSR count). The van der Waals surface area contributed by atoms with Crippen LogP contribution in [0.25, 0.3) is 0 Å². The largest absolute Gasteiger partial charge is 0.363 e. The average Bonchev–Trinajstić information content (AvgIpc) is 2.60. The smallest absolute Gasteiger partial charge is 0.130 e. The highest BCUT2D eigenvalue weighted by atomic mass is 16.6. The number of hydrogen-bond acceptors (Lipinski definition) is 2. The zero-order valence-electron chi connectivity index (χ0n) is 9.59. The molecular weight excluding hydrogens is 176 g/mol. The maximum absolute atomic E-state index is 5.43. The first-order valence-corrected chi connectivity index (χ1v) is 5.02. The van der Waals surface area contributed by atoms with Gasteiger partial charge >= 0.3 is 0 Å². The summed E-state index contributed by atoms with van der Waals surface area (Å²) >= 11 is 0. The van der Waals surface area contributed by atoms with Crippen LogP contribution in [0.4, 0.5) is 0 Å². The molecule has 1 atom stereocenters. The zero-order valence-corrected chi connectivity index (χ0v) is 9.59. The van der Waals surface area contributed by atoms with Crippen LogP contribution in [0.15, 0.2) is 6.07 Å². The Bertz CT molecular complexity index is 356. The fraction of sp³-hybridized carbons (Fsp3) is 0.727. The number of rotatable bonds is 1. The van der Waals surface area contributed by atoms with Crippen molar-refractivity contribution in [1.29, 1.82) is 0 Å². The third-order valence-electron chi connectivity index (χ3n) is 2.77. The lowest BCUT2D eigenvalue weighted by Gasteiger charge is -2.13. The second-order valence-corrected chi connectivity index (χ2v) is 5.31. The number of aryl methyl sites for hydroxylation is 1. The summed E-state index contributed by atoms with van der Waals surface area (Å²) in [5.74, 6) is 0. The Labute approximate surface area is 85.1 Å². The molecule has 1 aromatic rings. The molecule has 1 saturated heterocycles. The van der Waals surface area contributed by atoms with Gasteiger partial charge in [-0.3, -0.25) is 4.68 Å². The van der Waals surface area contributed by atoms with Gasteiger partial charge in [0.1, 0.15) is 5.60 Å². The van der Waals surface area contributed by atoms with E-state index in [0.29, 0.717) is 0 Å². The van der Waals surface area contributed by atoms with Crippen LogP contribution in [0.2, 0.25) is 0 Å². The molecule has 0 saturated carbocycles. The Balaban J connectivity index is 2.40. The Kier molecular flexibility index (Phi) is 1.80. The van der Waals surface area contributed by atoms with E-state index in [2.05, 4.69) is 38.9 Å². The number of nitrogens with zero attached hydrogens (tertiary/aromatic N) is 2. The lowest BCUT2D eigenvalue weighted by molar-refractivity contribution is 0.316. The summed E-state index contributed by atoms with van der Waals surface area (Å²) in [5.41, 5.74) is 2.35. The van der Waals surface area contributed by atoms with Crippen LogP contribution in [-0.2, 0) is 22.8 Å². The van der Waals surface area contributed by atoms with Gasteiger partial charge in [-0.15, -0.1) is 0 Å². The molecule has 0 spiro atoms. The van der Waals surface area contributed by atoms with E-state index >= 15 is 0 Å². The van der Waals surface area contributed by atoms with Crippen molar-refractivity contribution in [3.8, 4) is 0 Å². The summed E-state index contributed by atoms with van der Waals surface area (Å²) in [5, 5.41) is 4.53. The van der Waals surface area contributed by atoms with Crippen molar-refractivity contribution >= 4 is 0 Å². The van der Waals surface area contributed by atoms with Crippen molar-refractivity contribution in [2.75, 3.05) is 6.61 Å². The van der Waals surface area contributed by atoms with E-state index in [4.69, 9.17) is 4.74 Å². The standard InChI is InChI=1S/C11H18N2O/c1-10(2,3)8-6-9(13(5)12-8)11(4)7-14-11/h6H,7H2,1-5H3. The van der Waals surface area contributed by atoms with E-state index in [9.17, 15) is 0 Å². The molecule has 0 amide bonds. The van der Waals surface area contributed by atoms with Crippen LogP contribution in [0.1, 0.15) is 39.1 Å². The number of ether oxygens (including phenoxy) is 1. The lowest BCUT2D eigenvalue weighted by atomic mass is 9.91. The highest BCUT2D eigenvalue weighted by Gasteiger charge is 2.44. The van der Waals surface area contributed by atoms with Crippen molar-refractivity contribution < 1.29 is 4.74 Å². The molecule has 1 aliphatic rings. The summed E-state index contributed by atoms with van der Waals surface area (Å²) < 4.78 is 7.37. The van der Waals surface area contributed by atoms with Crippen molar-refractivity contribution in [3.05, 3.63) is 17.5 Å². The van der Waals surface area contributed by atoms with E-state index in [1.807, 2.05) is 11.7 Å². The van der Waals surface area contributed by atoms with Crippen LogP contribution in [0.3, 0.4) is 0 Å². The summed E-state index contributed by atoms with van der Waals surface area (Å²) in [6.45, 7) is 9.45. The van der Waals surface area contributed by atoms with Crippen molar-refractivity contribution in [3.63, 3.8) is 0 Å². The third kappa shape index (κ3) is 1.46. The molecule has 78 valence electrons. The van der Waals surface area contributed by atoms with Crippen molar-refractivity contribution in [1.82, 2.24) is 9.78 Å². The molecule has 1 aromatic heterocycles. The maximum Gasteiger partial charge on any atom is 0.130 e. The minimum absolute atomic E-state index is 0.0781. The first-order valence-electron chi connectivity index (χ1n) is 5.02. The Morgan fingerprint density at radius 1 is 1.50 bits per heavy atom. The van der Waals surface area contributed by atoms with Gasteiger partial charge in [-0.2, -0.15) is 5.10 Å². The summed E-state index contributed by atoms with van der Waals surface area (Å²) in [7, 11) is 1.98. The Morgan fingerprint density at radius 2 is 2.07 bits per heavy atom. The van der Waals surface area contributed by atoms with Crippen LogP contribution in [0.5, 0.6) is 0 Å². The van der Waals surface area contributed by atoms with E-state index < -0.39 is 0 Å². The summed E-state index contributed by atoms with van der Waals surface area (Å²) in [4.78, 5) is 0. The van der Waals surface area contributed by atoms with Crippen LogP contribution >= 0.6 is 0 Å². The van der Waals surface area contributed by atoms with E-state index in [1.54, 1.807) is 0 Å². The van der Waals surface area contributed by atoms with E-state index in [0.717, 1.165) is 12.3 Å². The Hall–Kier alpha value is -0.830. The highest BCUT2D eigenvalue weighted by molar-refractivity contribution is 5.24. The predicted molar refractivity (Wildman–Crippen MR) is 55.2 cm³/mol. The van der Waals surface area contributed by atoms with Crippen LogP contribution in [0, 0.1) is 0 Å². The van der Waals surface area contributed by atoms with Gasteiger partial charge in [-0.25, -0.2) is 0 Å². The summed E-state index contributed by atoms with van der Waals surface area (Å²) in [6, 6.07) is 2.16. The molecule has 0 aromatic carbocycles. The zero-order chi connectivity index (χ0) is 10.6. The number of aromatic nitrogens is 2. The quantitative estimate of drug-likeness (QED) is 0.640. The molecular formula is C11H18N2O. The van der Waals surface area contributed by atoms with Gasteiger partial charge in [0.15, 0.2) is 0 Å². The minimum Gasteiger partial charge on any atom is -0.363 e. The fourth-order valence-electron chi connectivity index (χ4n) is 1.58. The third-order valence-corrected chi connectivity index (χ3v) is 2.77. The minimum atomic E-state index is -0.0781. The van der Waals surface area contributed by atoms with E-state index in [-0.39, 0.29) is 11.0 Å². The monoisotopic (exact) mass is 194 g/mol. The van der Waals surface area contributed by atoms with E-state index in [1.165, 1.54) is 5.69 Å². The van der Waals surface area contributed by atoms with Crippen LogP contribution < -0.4 is 0 Å². The van der Waals surface area contributed by atoms with Crippen molar-refractivity contribution in [2.45, 2.75) is 38.7 Å². The molecule has 2 heterocycles. The Morgan fingerprint density at radius 3 is 2.43 bits per heavy atom. The second kappa shape index (κ2) is 2.60.